The van der Waals surface area contributed by atoms with E-state index in [0.717, 1.165) is 26.9 Å². The molecule has 0 saturated heterocycles. The Morgan fingerprint density at radius 2 is 1.18 bits per heavy atom. The van der Waals surface area contributed by atoms with Gasteiger partial charge in [0.15, 0.2) is 0 Å². The van der Waals surface area contributed by atoms with Crippen LogP contribution in [0.4, 0.5) is 17.1 Å². The third-order valence-corrected chi connectivity index (χ3v) is 6.00. The average Bonchev–Trinajstić information content (AvgIpc) is 3.40. The minimum atomic E-state index is -0.622. The van der Waals surface area contributed by atoms with Crippen molar-refractivity contribution in [3.8, 4) is 0 Å². The molecule has 1 heterocycles. The molecule has 0 amide bonds. The number of rotatable bonds is 3. The van der Waals surface area contributed by atoms with E-state index in [2.05, 4.69) is 0 Å². The number of anilines is 3. The molecule has 2 nitrogen and oxygen atoms in total. The molecule has 0 radical (unpaired) electrons. The normalized spacial score (nSPS) is 15.6. The van der Waals surface area contributed by atoms with Crippen molar-refractivity contribution in [2.24, 2.45) is 0 Å². The molecule has 0 aliphatic carbocycles. The second kappa shape index (κ2) is 7.50. The van der Waals surface area contributed by atoms with Crippen molar-refractivity contribution < 1.29 is 18.1 Å². The Morgan fingerprint density at radius 1 is 0.529 bits per heavy atom. The SMILES string of the molecule is [2H]c1c([2H])c([2H])c(N(c2c([2H])c([2H])c([2H])c([2H])c2[2H])c2cc3ccccc3c3cc4c(cc23)oc2ccccc24)c([2H])c1[2H]. The fraction of sp³-hybridized carbons (Fsp3) is 0. The largest absolute Gasteiger partial charge is 0.456 e. The Balaban J connectivity index is 1.72. The molecule has 0 spiro atoms. The number of benzene rings is 6. The third-order valence-electron chi connectivity index (χ3n) is 6.00. The molecule has 0 fully saturated rings. The monoisotopic (exact) mass is 445 g/mol. The molecule has 0 N–H and O–H groups in total. The summed E-state index contributed by atoms with van der Waals surface area (Å²) < 4.78 is 91.5. The van der Waals surface area contributed by atoms with Gasteiger partial charge in [-0.15, -0.1) is 0 Å². The molecule has 7 aromatic rings. The van der Waals surface area contributed by atoms with E-state index in [4.69, 9.17) is 18.1 Å². The highest BCUT2D eigenvalue weighted by atomic mass is 16.3. The first kappa shape index (κ1) is 11.5. The minimum absolute atomic E-state index is 0.248. The summed E-state index contributed by atoms with van der Waals surface area (Å²) in [5, 5.41) is 4.59. The number of para-hydroxylation sites is 3. The van der Waals surface area contributed by atoms with E-state index < -0.39 is 60.4 Å². The van der Waals surface area contributed by atoms with E-state index in [0.29, 0.717) is 16.6 Å². The first-order chi connectivity index (χ1) is 21.0. The highest BCUT2D eigenvalue weighted by Gasteiger charge is 2.19. The molecule has 7 rings (SSSR count). The lowest BCUT2D eigenvalue weighted by Gasteiger charge is -2.27. The van der Waals surface area contributed by atoms with Crippen LogP contribution in [0, 0.1) is 0 Å². The first-order valence-electron chi connectivity index (χ1n) is 15.7. The van der Waals surface area contributed by atoms with Crippen LogP contribution >= 0.6 is 0 Å². The maximum absolute atomic E-state index is 8.84. The molecule has 0 aliphatic heterocycles. The van der Waals surface area contributed by atoms with Gasteiger partial charge in [0.05, 0.1) is 19.4 Å². The van der Waals surface area contributed by atoms with Gasteiger partial charge in [-0.25, -0.2) is 0 Å². The quantitative estimate of drug-likeness (QED) is 0.252. The molecule has 0 atom stereocenters. The van der Waals surface area contributed by atoms with Gasteiger partial charge in [0.1, 0.15) is 11.2 Å². The lowest BCUT2D eigenvalue weighted by atomic mass is 9.97. The van der Waals surface area contributed by atoms with E-state index in [1.165, 1.54) is 4.90 Å². The van der Waals surface area contributed by atoms with Crippen molar-refractivity contribution in [2.75, 3.05) is 4.90 Å². The zero-order valence-electron chi connectivity index (χ0n) is 27.7. The van der Waals surface area contributed by atoms with Crippen LogP contribution in [0.5, 0.6) is 0 Å². The van der Waals surface area contributed by atoms with Gasteiger partial charge < -0.3 is 9.32 Å². The zero-order chi connectivity index (χ0) is 31.2. The number of fused-ring (bicyclic) bond motifs is 6. The molecular formula is C32H21NO. The Morgan fingerprint density at radius 3 is 1.91 bits per heavy atom. The van der Waals surface area contributed by atoms with Crippen LogP contribution in [0.2, 0.25) is 0 Å². The number of hydrogen-bond acceptors (Lipinski definition) is 2. The maximum atomic E-state index is 8.84. The van der Waals surface area contributed by atoms with Gasteiger partial charge in [-0.05, 0) is 64.6 Å². The fourth-order valence-corrected chi connectivity index (χ4v) is 4.55. The van der Waals surface area contributed by atoms with Gasteiger partial charge in [-0.2, -0.15) is 0 Å². The lowest BCUT2D eigenvalue weighted by Crippen LogP contribution is -2.10. The molecular weight excluding hydrogens is 414 g/mol. The fourth-order valence-electron chi connectivity index (χ4n) is 4.55. The predicted octanol–water partition coefficient (Wildman–Crippen LogP) is 9.36. The molecule has 6 aromatic carbocycles. The number of hydrogen-bond donors (Lipinski definition) is 0. The average molecular weight is 446 g/mol. The van der Waals surface area contributed by atoms with E-state index in [1.807, 2.05) is 54.6 Å². The van der Waals surface area contributed by atoms with Crippen LogP contribution < -0.4 is 4.90 Å². The standard InChI is InChI=1S/C32H21NO/c1-3-12-23(13-4-1)33(24-14-5-2-6-15-24)30-19-22-11-7-8-16-25(22)27-20-29-26-17-9-10-18-31(26)34-32(29)21-28(27)30/h1-21H/i1D,2D,3D,4D,5D,6D,12D,13D,14D,15D. The molecule has 0 unspecified atom stereocenters. The van der Waals surface area contributed by atoms with Crippen LogP contribution in [0.25, 0.3) is 43.5 Å². The number of furan rings is 1. The summed E-state index contributed by atoms with van der Waals surface area (Å²) in [6.45, 7) is 0. The summed E-state index contributed by atoms with van der Waals surface area (Å²) in [4.78, 5) is 1.20. The maximum Gasteiger partial charge on any atom is 0.136 e. The smallest absolute Gasteiger partial charge is 0.136 e. The molecule has 2 heteroatoms. The Labute approximate surface area is 211 Å². The minimum Gasteiger partial charge on any atom is -0.456 e. The second-order valence-corrected chi connectivity index (χ2v) is 7.89. The molecule has 160 valence electrons. The van der Waals surface area contributed by atoms with Crippen molar-refractivity contribution in [3.05, 3.63) is 127 Å². The third kappa shape index (κ3) is 2.89. The summed E-state index contributed by atoms with van der Waals surface area (Å²) >= 11 is 0. The topological polar surface area (TPSA) is 16.4 Å². The molecule has 0 aliphatic rings. The van der Waals surface area contributed by atoms with Crippen LogP contribution in [-0.2, 0) is 0 Å². The summed E-state index contributed by atoms with van der Waals surface area (Å²) in [6, 6.07) is 14.5. The van der Waals surface area contributed by atoms with Gasteiger partial charge in [0, 0.05) is 27.5 Å². The Bertz CT molecular complexity index is 2240. The molecule has 1 aromatic heterocycles. The van der Waals surface area contributed by atoms with Gasteiger partial charge in [0.2, 0.25) is 0 Å². The van der Waals surface area contributed by atoms with Crippen molar-refractivity contribution in [1.82, 2.24) is 0 Å². The summed E-state index contributed by atoms with van der Waals surface area (Å²) in [5.74, 6) is 0. The van der Waals surface area contributed by atoms with Crippen LogP contribution in [0.3, 0.4) is 0 Å². The van der Waals surface area contributed by atoms with E-state index in [1.54, 1.807) is 12.1 Å². The molecule has 0 bridgehead atoms. The van der Waals surface area contributed by atoms with Crippen LogP contribution in [0.1, 0.15) is 13.7 Å². The van der Waals surface area contributed by atoms with Gasteiger partial charge in [-0.1, -0.05) is 78.7 Å². The van der Waals surface area contributed by atoms with E-state index >= 15 is 0 Å². The summed E-state index contributed by atoms with van der Waals surface area (Å²) in [5.41, 5.74) is 0.735. The predicted molar refractivity (Wildman–Crippen MR) is 143 cm³/mol. The van der Waals surface area contributed by atoms with Crippen LogP contribution in [0.15, 0.2) is 132 Å². The van der Waals surface area contributed by atoms with Crippen molar-refractivity contribution in [3.63, 3.8) is 0 Å². The van der Waals surface area contributed by atoms with Crippen molar-refractivity contribution in [2.45, 2.75) is 0 Å². The Kier molecular flexibility index (Phi) is 2.54. The highest BCUT2D eigenvalue weighted by molar-refractivity contribution is 6.20. The van der Waals surface area contributed by atoms with Gasteiger partial charge >= 0.3 is 0 Å². The van der Waals surface area contributed by atoms with Crippen molar-refractivity contribution >= 4 is 60.5 Å². The first-order valence-corrected chi connectivity index (χ1v) is 10.7. The van der Waals surface area contributed by atoms with Gasteiger partial charge in [0.25, 0.3) is 0 Å². The lowest BCUT2D eigenvalue weighted by molar-refractivity contribution is 0.669. The second-order valence-electron chi connectivity index (χ2n) is 7.89. The zero-order valence-corrected chi connectivity index (χ0v) is 17.7. The van der Waals surface area contributed by atoms with E-state index in [-0.39, 0.29) is 17.1 Å². The summed E-state index contributed by atoms with van der Waals surface area (Å²) in [7, 11) is 0. The Hall–Kier alpha value is -4.56. The van der Waals surface area contributed by atoms with Gasteiger partial charge in [-0.3, -0.25) is 0 Å². The van der Waals surface area contributed by atoms with Crippen LogP contribution in [-0.4, -0.2) is 0 Å². The van der Waals surface area contributed by atoms with E-state index in [9.17, 15) is 0 Å². The molecule has 34 heavy (non-hydrogen) atoms. The van der Waals surface area contributed by atoms with Crippen molar-refractivity contribution in [1.29, 1.82) is 0 Å². The number of nitrogens with zero attached hydrogens (tertiary/aromatic N) is 1. The highest BCUT2D eigenvalue weighted by Crippen LogP contribution is 2.44. The summed E-state index contributed by atoms with van der Waals surface area (Å²) in [6.07, 6.45) is 0. The molecule has 0 saturated carbocycles.